The molecule has 2 aromatic heterocycles. The minimum atomic E-state index is -0.762. The Morgan fingerprint density at radius 2 is 2.00 bits per heavy atom. The van der Waals surface area contributed by atoms with Crippen LogP contribution in [0.2, 0.25) is 5.02 Å². The Morgan fingerprint density at radius 1 is 1.21 bits per heavy atom. The number of rotatable bonds is 4. The van der Waals surface area contributed by atoms with Gasteiger partial charge in [0.2, 0.25) is 17.1 Å². The molecule has 4 aromatic rings. The predicted octanol–water partition coefficient (Wildman–Crippen LogP) is 4.60. The standard InChI is InChI=1S/C26H23ClN2O5/c1-14-10-23(31)25(33)26(34-14)18(15-6-7-22(30)19(27)11-15)12-24(32)29-9-8-17-16-4-2-3-5-20(16)28-21(17)13-29/h2-7,10-11,18,28,30,33H,8-9,12-13H2,1H3/t18-/m1/s1. The zero-order valence-electron chi connectivity index (χ0n) is 18.5. The number of aromatic nitrogens is 1. The fraction of sp³-hybridized carbons (Fsp3) is 0.231. The van der Waals surface area contributed by atoms with Crippen molar-refractivity contribution in [1.29, 1.82) is 0 Å². The van der Waals surface area contributed by atoms with Crippen LogP contribution in [0.25, 0.3) is 10.9 Å². The molecule has 0 unspecified atom stereocenters. The normalized spacial score (nSPS) is 14.2. The Morgan fingerprint density at radius 3 is 2.79 bits per heavy atom. The van der Waals surface area contributed by atoms with Gasteiger partial charge in [-0.3, -0.25) is 9.59 Å². The summed E-state index contributed by atoms with van der Waals surface area (Å²) >= 11 is 6.12. The summed E-state index contributed by atoms with van der Waals surface area (Å²) in [6.07, 6.45) is 0.683. The summed E-state index contributed by atoms with van der Waals surface area (Å²) in [7, 11) is 0. The summed E-state index contributed by atoms with van der Waals surface area (Å²) < 4.78 is 5.73. The molecule has 5 rings (SSSR count). The van der Waals surface area contributed by atoms with Crippen LogP contribution in [0.15, 0.2) is 57.7 Å². The first-order chi connectivity index (χ1) is 16.3. The summed E-state index contributed by atoms with van der Waals surface area (Å²) in [4.78, 5) is 30.9. The van der Waals surface area contributed by atoms with E-state index in [1.807, 2.05) is 18.2 Å². The number of aromatic hydroxyl groups is 2. The molecular formula is C26H23ClN2O5. The fourth-order valence-corrected chi connectivity index (χ4v) is 4.86. The first kappa shape index (κ1) is 22.1. The van der Waals surface area contributed by atoms with Gasteiger partial charge in [0.1, 0.15) is 11.5 Å². The van der Waals surface area contributed by atoms with Crippen LogP contribution in [-0.4, -0.2) is 32.5 Å². The van der Waals surface area contributed by atoms with Gasteiger partial charge in [0.25, 0.3) is 0 Å². The van der Waals surface area contributed by atoms with Crippen molar-refractivity contribution in [1.82, 2.24) is 9.88 Å². The van der Waals surface area contributed by atoms with Crippen LogP contribution in [0.5, 0.6) is 11.5 Å². The highest BCUT2D eigenvalue weighted by Crippen LogP contribution is 2.37. The lowest BCUT2D eigenvalue weighted by Crippen LogP contribution is -2.36. The number of nitrogens with zero attached hydrogens (tertiary/aromatic N) is 1. The molecule has 1 aliphatic heterocycles. The number of carbonyl (C=O) groups excluding carboxylic acids is 1. The van der Waals surface area contributed by atoms with Gasteiger partial charge in [-0.1, -0.05) is 35.9 Å². The summed E-state index contributed by atoms with van der Waals surface area (Å²) in [5.41, 5.74) is 3.24. The van der Waals surface area contributed by atoms with Gasteiger partial charge in [-0.2, -0.15) is 0 Å². The third kappa shape index (κ3) is 3.92. The first-order valence-corrected chi connectivity index (χ1v) is 11.4. The number of amides is 1. The van der Waals surface area contributed by atoms with E-state index in [1.54, 1.807) is 17.9 Å². The van der Waals surface area contributed by atoms with Crippen molar-refractivity contribution in [2.75, 3.05) is 6.54 Å². The molecule has 0 saturated heterocycles. The molecule has 174 valence electrons. The molecule has 0 fully saturated rings. The van der Waals surface area contributed by atoms with E-state index in [9.17, 15) is 19.8 Å². The topological polar surface area (TPSA) is 107 Å². The van der Waals surface area contributed by atoms with Crippen LogP contribution in [0, 0.1) is 6.92 Å². The predicted molar refractivity (Wildman–Crippen MR) is 128 cm³/mol. The smallest absolute Gasteiger partial charge is 0.227 e. The second-order valence-electron chi connectivity index (χ2n) is 8.59. The van der Waals surface area contributed by atoms with E-state index < -0.39 is 17.1 Å². The number of para-hydroxylation sites is 1. The first-order valence-electron chi connectivity index (χ1n) is 11.0. The Labute approximate surface area is 200 Å². The number of hydrogen-bond donors (Lipinski definition) is 3. The number of carbonyl (C=O) groups is 1. The average molecular weight is 479 g/mol. The van der Waals surface area contributed by atoms with Crippen molar-refractivity contribution >= 4 is 28.4 Å². The molecule has 1 atom stereocenters. The molecule has 1 amide bonds. The van der Waals surface area contributed by atoms with Crippen molar-refractivity contribution in [3.05, 3.63) is 92.1 Å². The Hall–Kier alpha value is -3.71. The molecule has 34 heavy (non-hydrogen) atoms. The van der Waals surface area contributed by atoms with E-state index in [-0.39, 0.29) is 28.9 Å². The third-order valence-electron chi connectivity index (χ3n) is 6.38. The van der Waals surface area contributed by atoms with Crippen LogP contribution in [-0.2, 0) is 17.8 Å². The molecular weight excluding hydrogens is 456 g/mol. The highest BCUT2D eigenvalue weighted by molar-refractivity contribution is 6.32. The highest BCUT2D eigenvalue weighted by Gasteiger charge is 2.30. The van der Waals surface area contributed by atoms with Crippen molar-refractivity contribution in [3.8, 4) is 11.5 Å². The average Bonchev–Trinajstić information content (AvgIpc) is 3.19. The molecule has 0 spiro atoms. The maximum absolute atomic E-state index is 13.4. The molecule has 0 bridgehead atoms. The second kappa shape index (κ2) is 8.57. The second-order valence-corrected chi connectivity index (χ2v) is 9.00. The van der Waals surface area contributed by atoms with E-state index in [2.05, 4.69) is 11.1 Å². The number of fused-ring (bicyclic) bond motifs is 3. The van der Waals surface area contributed by atoms with Crippen LogP contribution in [0.1, 0.15) is 40.7 Å². The summed E-state index contributed by atoms with van der Waals surface area (Å²) in [5.74, 6) is -1.23. The number of benzene rings is 2. The van der Waals surface area contributed by atoms with Crippen molar-refractivity contribution in [2.45, 2.75) is 32.2 Å². The molecule has 7 nitrogen and oxygen atoms in total. The van der Waals surface area contributed by atoms with Crippen LogP contribution < -0.4 is 5.43 Å². The van der Waals surface area contributed by atoms with Crippen molar-refractivity contribution < 1.29 is 19.4 Å². The van der Waals surface area contributed by atoms with E-state index in [0.29, 0.717) is 24.4 Å². The van der Waals surface area contributed by atoms with Gasteiger partial charge in [0, 0.05) is 35.6 Å². The number of phenols is 1. The maximum atomic E-state index is 13.4. The number of aryl methyl sites for hydroxylation is 1. The molecule has 2 aromatic carbocycles. The number of hydrogen-bond acceptors (Lipinski definition) is 5. The molecule has 1 aliphatic rings. The molecule has 3 N–H and O–H groups in total. The van der Waals surface area contributed by atoms with E-state index >= 15 is 0 Å². The highest BCUT2D eigenvalue weighted by atomic mass is 35.5. The SMILES string of the molecule is Cc1cc(=O)c(O)c([C@H](CC(=O)N2CCc3c([nH]c4ccccc34)C2)c2ccc(O)c(Cl)c2)o1. The van der Waals surface area contributed by atoms with E-state index in [4.69, 9.17) is 16.0 Å². The summed E-state index contributed by atoms with van der Waals surface area (Å²) in [5, 5.41) is 21.6. The molecule has 3 heterocycles. The van der Waals surface area contributed by atoms with Crippen LogP contribution in [0.3, 0.4) is 0 Å². The van der Waals surface area contributed by atoms with Gasteiger partial charge < -0.3 is 24.5 Å². The summed E-state index contributed by atoms with van der Waals surface area (Å²) in [6, 6.07) is 13.8. The number of halogens is 1. The van der Waals surface area contributed by atoms with Gasteiger partial charge in [0.05, 0.1) is 17.5 Å². The number of nitrogens with one attached hydrogen (secondary N) is 1. The van der Waals surface area contributed by atoms with E-state index in [1.165, 1.54) is 29.1 Å². The lowest BCUT2D eigenvalue weighted by molar-refractivity contribution is -0.132. The molecule has 0 saturated carbocycles. The van der Waals surface area contributed by atoms with Crippen molar-refractivity contribution in [3.63, 3.8) is 0 Å². The lowest BCUT2D eigenvalue weighted by Gasteiger charge is -2.29. The van der Waals surface area contributed by atoms with Gasteiger partial charge in [0.15, 0.2) is 5.76 Å². The van der Waals surface area contributed by atoms with Crippen LogP contribution >= 0.6 is 11.6 Å². The minimum absolute atomic E-state index is 0.00316. The van der Waals surface area contributed by atoms with Gasteiger partial charge in [-0.15, -0.1) is 0 Å². The summed E-state index contributed by atoms with van der Waals surface area (Å²) in [6.45, 7) is 2.60. The van der Waals surface area contributed by atoms with Crippen molar-refractivity contribution in [2.24, 2.45) is 0 Å². The van der Waals surface area contributed by atoms with E-state index in [0.717, 1.165) is 17.6 Å². The zero-order chi connectivity index (χ0) is 24.0. The molecule has 0 aliphatic carbocycles. The fourth-order valence-electron chi connectivity index (χ4n) is 4.67. The minimum Gasteiger partial charge on any atom is -0.506 e. The maximum Gasteiger partial charge on any atom is 0.227 e. The quantitative estimate of drug-likeness (QED) is 0.397. The Kier molecular flexibility index (Phi) is 5.57. The molecule has 8 heteroatoms. The molecule has 0 radical (unpaired) electrons. The Balaban J connectivity index is 1.48. The Bertz CT molecular complexity index is 1470. The zero-order valence-corrected chi connectivity index (χ0v) is 19.2. The lowest BCUT2D eigenvalue weighted by atomic mass is 9.91. The monoisotopic (exact) mass is 478 g/mol. The van der Waals surface area contributed by atoms with Gasteiger partial charge >= 0.3 is 0 Å². The number of aromatic amines is 1. The number of phenolic OH excluding ortho intramolecular Hbond substituents is 1. The third-order valence-corrected chi connectivity index (χ3v) is 6.68. The van der Waals surface area contributed by atoms with Gasteiger partial charge in [-0.25, -0.2) is 0 Å². The number of H-pyrrole nitrogens is 1. The van der Waals surface area contributed by atoms with Crippen LogP contribution in [0.4, 0.5) is 0 Å². The largest absolute Gasteiger partial charge is 0.506 e. The van der Waals surface area contributed by atoms with Gasteiger partial charge in [-0.05, 0) is 42.7 Å².